The van der Waals surface area contributed by atoms with Crippen molar-refractivity contribution in [2.75, 3.05) is 0 Å². The van der Waals surface area contributed by atoms with Crippen LogP contribution in [0.5, 0.6) is 0 Å². The zero-order valence-electron chi connectivity index (χ0n) is 9.71. The maximum absolute atomic E-state index is 5.73. The van der Waals surface area contributed by atoms with Crippen molar-refractivity contribution in [2.24, 2.45) is 12.8 Å². The smallest absolute Gasteiger partial charge is 0.232 e. The number of aromatic nitrogens is 4. The topological polar surface area (TPSA) is 61.1 Å². The van der Waals surface area contributed by atoms with Gasteiger partial charge < -0.3 is 5.73 Å². The normalized spacial score (nSPS) is 11.5. The van der Waals surface area contributed by atoms with E-state index < -0.39 is 0 Å². The van der Waals surface area contributed by atoms with Gasteiger partial charge in [0.1, 0.15) is 0 Å². The highest BCUT2D eigenvalue weighted by Crippen LogP contribution is 2.24. The number of aryl methyl sites for hydroxylation is 2. The molecular weight excluding hydrogens is 234 g/mol. The lowest BCUT2D eigenvalue weighted by Gasteiger charge is -1.96. The van der Waals surface area contributed by atoms with Crippen LogP contribution < -0.4 is 5.73 Å². The standard InChI is InChI=1S/C11H13N5S/c1-7-8(6-12)16-11(13-7)15(2)10(14-16)9-4-3-5-17-9/h3-5H,6,12H2,1-2H3. The molecule has 3 rings (SSSR count). The zero-order chi connectivity index (χ0) is 12.0. The van der Waals surface area contributed by atoms with E-state index >= 15 is 0 Å². The van der Waals surface area contributed by atoms with Crippen LogP contribution in [0.4, 0.5) is 0 Å². The van der Waals surface area contributed by atoms with Crippen LogP contribution >= 0.6 is 11.3 Å². The minimum absolute atomic E-state index is 0.452. The average molecular weight is 247 g/mol. The van der Waals surface area contributed by atoms with Crippen molar-refractivity contribution < 1.29 is 0 Å². The number of thiophene rings is 1. The van der Waals surface area contributed by atoms with E-state index in [2.05, 4.69) is 16.1 Å². The number of rotatable bonds is 2. The highest BCUT2D eigenvalue weighted by molar-refractivity contribution is 7.13. The molecule has 3 heterocycles. The minimum Gasteiger partial charge on any atom is -0.325 e. The van der Waals surface area contributed by atoms with Crippen LogP contribution in [0.2, 0.25) is 0 Å². The van der Waals surface area contributed by atoms with Crippen LogP contribution in [0.15, 0.2) is 17.5 Å². The van der Waals surface area contributed by atoms with E-state index in [9.17, 15) is 0 Å². The molecule has 0 aliphatic carbocycles. The van der Waals surface area contributed by atoms with Gasteiger partial charge in [-0.05, 0) is 18.4 Å². The maximum atomic E-state index is 5.73. The van der Waals surface area contributed by atoms with Gasteiger partial charge >= 0.3 is 0 Å². The summed E-state index contributed by atoms with van der Waals surface area (Å²) in [7, 11) is 1.98. The van der Waals surface area contributed by atoms with Gasteiger partial charge in [-0.25, -0.2) is 4.98 Å². The van der Waals surface area contributed by atoms with Crippen LogP contribution in [0.3, 0.4) is 0 Å². The second kappa shape index (κ2) is 3.68. The van der Waals surface area contributed by atoms with Gasteiger partial charge in [0, 0.05) is 13.6 Å². The Morgan fingerprint density at radius 1 is 1.47 bits per heavy atom. The molecule has 0 radical (unpaired) electrons. The first-order valence-electron chi connectivity index (χ1n) is 5.37. The summed E-state index contributed by atoms with van der Waals surface area (Å²) in [6, 6.07) is 4.08. The summed E-state index contributed by atoms with van der Waals surface area (Å²) in [5, 5.41) is 6.64. The molecule has 0 aliphatic rings. The summed E-state index contributed by atoms with van der Waals surface area (Å²) in [6.45, 7) is 2.41. The number of nitrogens with two attached hydrogens (primary N) is 1. The molecule has 2 N–H and O–H groups in total. The van der Waals surface area contributed by atoms with Gasteiger partial charge in [-0.2, -0.15) is 4.52 Å². The van der Waals surface area contributed by atoms with Crippen molar-refractivity contribution in [1.29, 1.82) is 0 Å². The molecule has 88 valence electrons. The number of fused-ring (bicyclic) bond motifs is 1. The lowest BCUT2D eigenvalue weighted by Crippen LogP contribution is -2.03. The van der Waals surface area contributed by atoms with Crippen molar-refractivity contribution in [3.8, 4) is 10.7 Å². The second-order valence-electron chi connectivity index (χ2n) is 3.92. The Hall–Kier alpha value is -1.66. The molecule has 6 heteroatoms. The molecule has 17 heavy (non-hydrogen) atoms. The number of hydrogen-bond donors (Lipinski definition) is 1. The third-order valence-corrected chi connectivity index (χ3v) is 3.74. The number of imidazole rings is 1. The monoisotopic (exact) mass is 247 g/mol. The largest absolute Gasteiger partial charge is 0.325 e. The Kier molecular flexibility index (Phi) is 2.27. The summed E-state index contributed by atoms with van der Waals surface area (Å²) < 4.78 is 3.84. The molecule has 0 aromatic carbocycles. The molecule has 0 saturated carbocycles. The van der Waals surface area contributed by atoms with Crippen molar-refractivity contribution in [1.82, 2.24) is 19.2 Å². The minimum atomic E-state index is 0.452. The molecule has 0 bridgehead atoms. The molecule has 5 nitrogen and oxygen atoms in total. The fraction of sp³-hybridized carbons (Fsp3) is 0.273. The third kappa shape index (κ3) is 1.41. The summed E-state index contributed by atoms with van der Waals surface area (Å²) in [5.41, 5.74) is 7.65. The fourth-order valence-corrected chi connectivity index (χ4v) is 2.71. The molecule has 3 aromatic rings. The molecular formula is C11H13N5S. The SMILES string of the molecule is Cc1nc2n(C)c(-c3cccs3)nn2c1CN. The van der Waals surface area contributed by atoms with Crippen molar-refractivity contribution >= 4 is 17.1 Å². The fourth-order valence-electron chi connectivity index (χ4n) is 1.97. The second-order valence-corrected chi connectivity index (χ2v) is 4.87. The maximum Gasteiger partial charge on any atom is 0.232 e. The van der Waals surface area contributed by atoms with Crippen LogP contribution in [-0.2, 0) is 13.6 Å². The van der Waals surface area contributed by atoms with Gasteiger partial charge in [-0.15, -0.1) is 16.4 Å². The van der Waals surface area contributed by atoms with Gasteiger partial charge in [0.2, 0.25) is 5.78 Å². The predicted molar refractivity (Wildman–Crippen MR) is 67.9 cm³/mol. The van der Waals surface area contributed by atoms with E-state index in [1.165, 1.54) is 0 Å². The van der Waals surface area contributed by atoms with E-state index in [0.717, 1.165) is 27.9 Å². The molecule has 0 saturated heterocycles. The van der Waals surface area contributed by atoms with E-state index in [0.29, 0.717) is 6.54 Å². The van der Waals surface area contributed by atoms with Gasteiger partial charge in [-0.1, -0.05) is 6.07 Å². The first-order valence-corrected chi connectivity index (χ1v) is 6.25. The molecule has 0 aliphatic heterocycles. The lowest BCUT2D eigenvalue weighted by molar-refractivity contribution is 0.859. The van der Waals surface area contributed by atoms with Gasteiger partial charge in [0.25, 0.3) is 0 Å². The Labute approximate surface area is 103 Å². The van der Waals surface area contributed by atoms with Gasteiger partial charge in [0.05, 0.1) is 16.3 Å². The summed E-state index contributed by atoms with van der Waals surface area (Å²) in [4.78, 5) is 5.64. The molecule has 0 unspecified atom stereocenters. The first kappa shape index (κ1) is 10.5. The predicted octanol–water partition coefficient (Wildman–Crippen LogP) is 1.56. The molecule has 0 amide bonds. The van der Waals surface area contributed by atoms with Crippen molar-refractivity contribution in [2.45, 2.75) is 13.5 Å². The Morgan fingerprint density at radius 3 is 2.94 bits per heavy atom. The van der Waals surface area contributed by atoms with E-state index in [1.54, 1.807) is 11.3 Å². The summed E-state index contributed by atoms with van der Waals surface area (Å²) in [5.74, 6) is 1.77. The Bertz CT molecular complexity index is 662. The van der Waals surface area contributed by atoms with Gasteiger partial charge in [0.15, 0.2) is 5.82 Å². The quantitative estimate of drug-likeness (QED) is 0.747. The zero-order valence-corrected chi connectivity index (χ0v) is 10.5. The van der Waals surface area contributed by atoms with Crippen LogP contribution in [0, 0.1) is 6.92 Å². The summed E-state index contributed by atoms with van der Waals surface area (Å²) >= 11 is 1.67. The highest BCUT2D eigenvalue weighted by atomic mass is 32.1. The van der Waals surface area contributed by atoms with Crippen molar-refractivity contribution in [3.05, 3.63) is 28.9 Å². The van der Waals surface area contributed by atoms with Crippen LogP contribution in [-0.4, -0.2) is 19.2 Å². The van der Waals surface area contributed by atoms with E-state index in [1.807, 2.05) is 34.5 Å². The van der Waals surface area contributed by atoms with E-state index in [4.69, 9.17) is 5.73 Å². The molecule has 0 fully saturated rings. The van der Waals surface area contributed by atoms with Crippen LogP contribution in [0.1, 0.15) is 11.4 Å². The number of nitrogens with zero attached hydrogens (tertiary/aromatic N) is 4. The molecule has 0 spiro atoms. The first-order chi connectivity index (χ1) is 8.22. The van der Waals surface area contributed by atoms with E-state index in [-0.39, 0.29) is 0 Å². The van der Waals surface area contributed by atoms with Crippen molar-refractivity contribution in [3.63, 3.8) is 0 Å². The Morgan fingerprint density at radius 2 is 2.29 bits per heavy atom. The number of hydrogen-bond acceptors (Lipinski definition) is 4. The summed E-state index contributed by atoms with van der Waals surface area (Å²) in [6.07, 6.45) is 0. The lowest BCUT2D eigenvalue weighted by atomic mass is 10.3. The average Bonchev–Trinajstić information content (AvgIpc) is 2.97. The third-order valence-electron chi connectivity index (χ3n) is 2.88. The molecule has 0 atom stereocenters. The highest BCUT2D eigenvalue weighted by Gasteiger charge is 2.16. The Balaban J connectivity index is 2.30. The van der Waals surface area contributed by atoms with Crippen LogP contribution in [0.25, 0.3) is 16.5 Å². The van der Waals surface area contributed by atoms with Gasteiger partial charge in [-0.3, -0.25) is 4.57 Å². The molecule has 3 aromatic heterocycles.